The zero-order valence-corrected chi connectivity index (χ0v) is 11.5. The van der Waals surface area contributed by atoms with Crippen LogP contribution < -0.4 is 0 Å². The van der Waals surface area contributed by atoms with Gasteiger partial charge >= 0.3 is 0 Å². The highest BCUT2D eigenvalue weighted by Gasteiger charge is 2.19. The van der Waals surface area contributed by atoms with Gasteiger partial charge in [-0.1, -0.05) is 25.5 Å². The minimum absolute atomic E-state index is 0.631. The Morgan fingerprint density at radius 2 is 1.94 bits per heavy atom. The van der Waals surface area contributed by atoms with Crippen LogP contribution >= 0.6 is 0 Å². The van der Waals surface area contributed by atoms with Gasteiger partial charge in [0.2, 0.25) is 0 Å². The summed E-state index contributed by atoms with van der Waals surface area (Å²) < 4.78 is 0. The topological polar surface area (TPSA) is 6.48 Å². The number of hydrogen-bond acceptors (Lipinski definition) is 2. The lowest BCUT2D eigenvalue weighted by Crippen LogP contribution is -2.43. The maximum Gasteiger partial charge on any atom is 0.0405 e. The SMILES string of the molecule is CCCN(CCC)C[C@@H]1C=C(C)CCN1C. The molecular formula is C14H28N2. The Balaban J connectivity index is 2.51. The lowest BCUT2D eigenvalue weighted by molar-refractivity contribution is 0.182. The van der Waals surface area contributed by atoms with Gasteiger partial charge in [-0.3, -0.25) is 4.90 Å². The van der Waals surface area contributed by atoms with Crippen LogP contribution in [0, 0.1) is 0 Å². The zero-order chi connectivity index (χ0) is 12.0. The van der Waals surface area contributed by atoms with E-state index < -0.39 is 0 Å². The molecule has 0 aliphatic carbocycles. The summed E-state index contributed by atoms with van der Waals surface area (Å²) in [5.74, 6) is 0. The molecule has 94 valence electrons. The fourth-order valence-electron chi connectivity index (χ4n) is 2.44. The highest BCUT2D eigenvalue weighted by Crippen LogP contribution is 2.15. The van der Waals surface area contributed by atoms with Gasteiger partial charge in [0.15, 0.2) is 0 Å². The van der Waals surface area contributed by atoms with E-state index >= 15 is 0 Å². The molecule has 2 heteroatoms. The van der Waals surface area contributed by atoms with Crippen molar-refractivity contribution in [2.45, 2.75) is 46.1 Å². The summed E-state index contributed by atoms with van der Waals surface area (Å²) in [7, 11) is 2.25. The van der Waals surface area contributed by atoms with E-state index in [0.29, 0.717) is 6.04 Å². The second-order valence-corrected chi connectivity index (χ2v) is 5.11. The van der Waals surface area contributed by atoms with Crippen LogP contribution in [0.4, 0.5) is 0 Å². The molecule has 16 heavy (non-hydrogen) atoms. The first-order valence-corrected chi connectivity index (χ1v) is 6.77. The first kappa shape index (κ1) is 13.7. The van der Waals surface area contributed by atoms with E-state index in [9.17, 15) is 0 Å². The quantitative estimate of drug-likeness (QED) is 0.640. The van der Waals surface area contributed by atoms with Gasteiger partial charge in [0.25, 0.3) is 0 Å². The molecule has 1 rings (SSSR count). The van der Waals surface area contributed by atoms with Crippen LogP contribution in [0.25, 0.3) is 0 Å². The van der Waals surface area contributed by atoms with Crippen LogP contribution in [0.1, 0.15) is 40.0 Å². The molecule has 0 saturated carbocycles. The molecule has 0 aromatic rings. The molecule has 0 N–H and O–H groups in total. The average molecular weight is 224 g/mol. The summed E-state index contributed by atoms with van der Waals surface area (Å²) in [5, 5.41) is 0. The molecule has 1 aliphatic heterocycles. The Morgan fingerprint density at radius 3 is 2.50 bits per heavy atom. The van der Waals surface area contributed by atoms with Crippen LogP contribution in [0.2, 0.25) is 0 Å². The van der Waals surface area contributed by atoms with E-state index in [4.69, 9.17) is 0 Å². The third-order valence-corrected chi connectivity index (χ3v) is 3.43. The van der Waals surface area contributed by atoms with Crippen molar-refractivity contribution in [3.63, 3.8) is 0 Å². The molecule has 2 nitrogen and oxygen atoms in total. The predicted octanol–water partition coefficient (Wildman–Crippen LogP) is 2.76. The fraction of sp³-hybridized carbons (Fsp3) is 0.857. The van der Waals surface area contributed by atoms with Gasteiger partial charge < -0.3 is 4.90 Å². The Labute approximate surface area is 101 Å². The van der Waals surface area contributed by atoms with Crippen molar-refractivity contribution in [1.82, 2.24) is 9.80 Å². The number of nitrogens with zero attached hydrogens (tertiary/aromatic N) is 2. The van der Waals surface area contributed by atoms with Crippen LogP contribution in [-0.2, 0) is 0 Å². The largest absolute Gasteiger partial charge is 0.301 e. The van der Waals surface area contributed by atoms with Crippen molar-refractivity contribution in [3.05, 3.63) is 11.6 Å². The molecule has 1 heterocycles. The number of rotatable bonds is 6. The summed E-state index contributed by atoms with van der Waals surface area (Å²) in [6.45, 7) is 11.7. The third-order valence-electron chi connectivity index (χ3n) is 3.43. The lowest BCUT2D eigenvalue weighted by Gasteiger charge is -2.34. The second kappa shape index (κ2) is 7.08. The molecule has 0 radical (unpaired) electrons. The molecule has 0 unspecified atom stereocenters. The van der Waals surface area contributed by atoms with Crippen molar-refractivity contribution in [1.29, 1.82) is 0 Å². The molecule has 0 fully saturated rings. The second-order valence-electron chi connectivity index (χ2n) is 5.11. The van der Waals surface area contributed by atoms with Gasteiger partial charge in [-0.25, -0.2) is 0 Å². The highest BCUT2D eigenvalue weighted by molar-refractivity contribution is 5.09. The average Bonchev–Trinajstić information content (AvgIpc) is 2.24. The highest BCUT2D eigenvalue weighted by atomic mass is 15.2. The number of hydrogen-bond donors (Lipinski definition) is 0. The third kappa shape index (κ3) is 4.26. The van der Waals surface area contributed by atoms with Crippen molar-refractivity contribution < 1.29 is 0 Å². The summed E-state index contributed by atoms with van der Waals surface area (Å²) in [4.78, 5) is 5.10. The lowest BCUT2D eigenvalue weighted by atomic mass is 10.0. The molecule has 0 spiro atoms. The van der Waals surface area contributed by atoms with E-state index in [0.717, 1.165) is 0 Å². The monoisotopic (exact) mass is 224 g/mol. The Bertz CT molecular complexity index is 217. The molecule has 1 atom stereocenters. The summed E-state index contributed by atoms with van der Waals surface area (Å²) >= 11 is 0. The Morgan fingerprint density at radius 1 is 1.31 bits per heavy atom. The van der Waals surface area contributed by atoms with Crippen molar-refractivity contribution >= 4 is 0 Å². The molecule has 0 bridgehead atoms. The van der Waals surface area contributed by atoms with E-state index in [-0.39, 0.29) is 0 Å². The van der Waals surface area contributed by atoms with Crippen LogP contribution in [0.5, 0.6) is 0 Å². The molecule has 0 aromatic heterocycles. The van der Waals surface area contributed by atoms with E-state index in [1.54, 1.807) is 5.57 Å². The fourth-order valence-corrected chi connectivity index (χ4v) is 2.44. The van der Waals surface area contributed by atoms with E-state index in [1.165, 1.54) is 45.4 Å². The Hall–Kier alpha value is -0.340. The van der Waals surface area contributed by atoms with Gasteiger partial charge in [0.05, 0.1) is 0 Å². The predicted molar refractivity (Wildman–Crippen MR) is 71.8 cm³/mol. The molecular weight excluding hydrogens is 196 g/mol. The number of likely N-dealkylation sites (N-methyl/N-ethyl adjacent to an activating group) is 1. The van der Waals surface area contributed by atoms with Gasteiger partial charge in [0, 0.05) is 19.1 Å². The van der Waals surface area contributed by atoms with Crippen molar-refractivity contribution in [2.75, 3.05) is 33.2 Å². The van der Waals surface area contributed by atoms with Gasteiger partial charge in [-0.05, 0) is 46.3 Å². The Kier molecular flexibility index (Phi) is 6.07. The van der Waals surface area contributed by atoms with E-state index in [1.807, 2.05) is 0 Å². The normalized spacial score (nSPS) is 22.6. The van der Waals surface area contributed by atoms with Gasteiger partial charge in [-0.2, -0.15) is 0 Å². The zero-order valence-electron chi connectivity index (χ0n) is 11.5. The minimum Gasteiger partial charge on any atom is -0.301 e. The van der Waals surface area contributed by atoms with E-state index in [2.05, 4.69) is 43.7 Å². The van der Waals surface area contributed by atoms with Gasteiger partial charge in [-0.15, -0.1) is 0 Å². The van der Waals surface area contributed by atoms with Crippen LogP contribution in [0.15, 0.2) is 11.6 Å². The van der Waals surface area contributed by atoms with Gasteiger partial charge in [0.1, 0.15) is 0 Å². The molecule has 0 aromatic carbocycles. The molecule has 1 aliphatic rings. The van der Waals surface area contributed by atoms with Crippen molar-refractivity contribution in [3.8, 4) is 0 Å². The first-order valence-electron chi connectivity index (χ1n) is 6.77. The summed E-state index contributed by atoms with van der Waals surface area (Å²) in [6, 6.07) is 0.631. The molecule has 0 amide bonds. The van der Waals surface area contributed by atoms with Crippen LogP contribution in [-0.4, -0.2) is 49.1 Å². The first-order chi connectivity index (χ1) is 7.67. The maximum absolute atomic E-state index is 2.61. The summed E-state index contributed by atoms with van der Waals surface area (Å²) in [6.07, 6.45) is 6.23. The maximum atomic E-state index is 2.61. The van der Waals surface area contributed by atoms with Crippen molar-refractivity contribution in [2.24, 2.45) is 0 Å². The standard InChI is InChI=1S/C14H28N2/c1-5-8-16(9-6-2)12-14-11-13(3)7-10-15(14)4/h11,14H,5-10,12H2,1-4H3/t14-/m0/s1. The summed E-state index contributed by atoms with van der Waals surface area (Å²) in [5.41, 5.74) is 1.57. The minimum atomic E-state index is 0.631. The smallest absolute Gasteiger partial charge is 0.0405 e. The molecule has 0 saturated heterocycles. The van der Waals surface area contributed by atoms with Crippen LogP contribution in [0.3, 0.4) is 0 Å².